The third kappa shape index (κ3) is 6.61. The highest BCUT2D eigenvalue weighted by Crippen LogP contribution is 2.20. The molecule has 22 heavy (non-hydrogen) atoms. The molecular weight excluding hydrogens is 316 g/mol. The predicted octanol–water partition coefficient (Wildman–Crippen LogP) is 3.33. The highest BCUT2D eigenvalue weighted by atomic mass is 19.4. The quantitative estimate of drug-likeness (QED) is 0.617. The van der Waals surface area contributed by atoms with Crippen LogP contribution in [0.15, 0.2) is 42.1 Å². The lowest BCUT2D eigenvalue weighted by molar-refractivity contribution is -0.352. The van der Waals surface area contributed by atoms with Gasteiger partial charge in [-0.05, 0) is 5.56 Å². The Bertz CT molecular complexity index is 515. The minimum absolute atomic E-state index is 0.0595. The molecule has 122 valence electrons. The summed E-state index contributed by atoms with van der Waals surface area (Å²) in [6.07, 6.45) is -11.9. The number of hydrogen-bond donors (Lipinski definition) is 1. The van der Waals surface area contributed by atoms with Gasteiger partial charge in [0.2, 0.25) is 5.78 Å². The third-order valence-corrected chi connectivity index (χ3v) is 2.33. The van der Waals surface area contributed by atoms with Gasteiger partial charge in [-0.2, -0.15) is 0 Å². The molecule has 0 aliphatic rings. The number of allylic oxidation sites excluding steroid dienone is 1. The summed E-state index contributed by atoms with van der Waals surface area (Å²) in [5.74, 6) is -1.87. The van der Waals surface area contributed by atoms with E-state index in [9.17, 15) is 31.1 Å². The molecule has 0 heterocycles. The van der Waals surface area contributed by atoms with Crippen molar-refractivity contribution >= 4 is 5.78 Å². The van der Waals surface area contributed by atoms with Crippen LogP contribution in [0, 0.1) is 0 Å². The summed E-state index contributed by atoms with van der Waals surface area (Å²) in [5, 5.41) is 2.17. The van der Waals surface area contributed by atoms with Crippen LogP contribution in [0.2, 0.25) is 0 Å². The zero-order valence-corrected chi connectivity index (χ0v) is 10.9. The number of ketones is 1. The molecule has 0 amide bonds. The minimum Gasteiger partial charge on any atom is -0.380 e. The number of benzene rings is 1. The second kappa shape index (κ2) is 7.83. The van der Waals surface area contributed by atoms with Crippen LogP contribution in [0.25, 0.3) is 0 Å². The van der Waals surface area contributed by atoms with Crippen LogP contribution in [0.4, 0.5) is 26.3 Å². The maximum atomic E-state index is 12.9. The summed E-state index contributed by atoms with van der Waals surface area (Å²) in [7, 11) is 0. The van der Waals surface area contributed by atoms with E-state index in [4.69, 9.17) is 0 Å². The highest BCUT2D eigenvalue weighted by Gasteiger charge is 2.36. The Hall–Kier alpha value is -2.03. The monoisotopic (exact) mass is 327 g/mol. The summed E-state index contributed by atoms with van der Waals surface area (Å²) in [5.41, 5.74) is -0.410. The van der Waals surface area contributed by atoms with Gasteiger partial charge in [0.1, 0.15) is 0 Å². The van der Waals surface area contributed by atoms with Crippen molar-refractivity contribution in [2.45, 2.75) is 25.7 Å². The van der Waals surface area contributed by atoms with Crippen LogP contribution < -0.4 is 5.32 Å². The molecule has 0 aromatic heterocycles. The van der Waals surface area contributed by atoms with Crippen LogP contribution in [-0.2, 0) is 16.1 Å². The van der Waals surface area contributed by atoms with Crippen molar-refractivity contribution < 1.29 is 35.9 Å². The van der Waals surface area contributed by atoms with Gasteiger partial charge in [-0.3, -0.25) is 4.79 Å². The summed E-state index contributed by atoms with van der Waals surface area (Å²) < 4.78 is 76.3. The van der Waals surface area contributed by atoms with E-state index in [-0.39, 0.29) is 12.6 Å². The van der Waals surface area contributed by atoms with E-state index in [1.165, 1.54) is 0 Å². The van der Waals surface area contributed by atoms with E-state index in [0.29, 0.717) is 5.56 Å². The van der Waals surface area contributed by atoms with Crippen molar-refractivity contribution in [2.24, 2.45) is 0 Å². The average Bonchev–Trinajstić information content (AvgIpc) is 2.42. The fourth-order valence-corrected chi connectivity index (χ4v) is 1.39. The fraction of sp³-hybridized carbons (Fsp3) is 0.308. The van der Waals surface area contributed by atoms with Gasteiger partial charge in [-0.15, -0.1) is 13.2 Å². The van der Waals surface area contributed by atoms with E-state index in [1.54, 1.807) is 30.3 Å². The predicted molar refractivity (Wildman–Crippen MR) is 64.4 cm³/mol. The minimum atomic E-state index is -5.38. The largest absolute Gasteiger partial charge is 0.525 e. The van der Waals surface area contributed by atoms with Crippen LogP contribution in [0.1, 0.15) is 5.56 Å². The Morgan fingerprint density at radius 1 is 1.18 bits per heavy atom. The zero-order valence-electron chi connectivity index (χ0n) is 10.9. The van der Waals surface area contributed by atoms with Crippen molar-refractivity contribution in [3.63, 3.8) is 0 Å². The Morgan fingerprint density at radius 2 is 1.77 bits per heavy atom. The lowest BCUT2D eigenvalue weighted by Crippen LogP contribution is -2.28. The molecule has 0 aliphatic carbocycles. The van der Waals surface area contributed by atoms with E-state index in [0.717, 1.165) is 0 Å². The van der Waals surface area contributed by atoms with Gasteiger partial charge in [-0.25, -0.2) is 17.9 Å². The number of rotatable bonds is 7. The van der Waals surface area contributed by atoms with Crippen molar-refractivity contribution in [3.8, 4) is 0 Å². The molecule has 0 radical (unpaired) electrons. The third-order valence-electron chi connectivity index (χ3n) is 2.33. The summed E-state index contributed by atoms with van der Waals surface area (Å²) in [6, 6.07) is 8.18. The summed E-state index contributed by atoms with van der Waals surface area (Å²) >= 11 is 0. The van der Waals surface area contributed by atoms with Crippen LogP contribution >= 0.6 is 0 Å². The number of carbonyl (C=O) groups is 1. The maximum absolute atomic E-state index is 12.9. The molecule has 1 unspecified atom stereocenters. The van der Waals surface area contributed by atoms with Gasteiger partial charge in [0, 0.05) is 12.6 Å². The smallest absolute Gasteiger partial charge is 0.380 e. The first kappa shape index (κ1) is 18.0. The molecule has 0 aliphatic heterocycles. The molecule has 3 nitrogen and oxygen atoms in total. The average molecular weight is 327 g/mol. The van der Waals surface area contributed by atoms with E-state index < -0.39 is 30.6 Å². The second-order valence-electron chi connectivity index (χ2n) is 4.02. The van der Waals surface area contributed by atoms with Crippen LogP contribution in [0.3, 0.4) is 0 Å². The Kier molecular flexibility index (Phi) is 6.41. The molecule has 0 saturated heterocycles. The number of nitrogens with one attached hydrogen (secondary N) is 1. The van der Waals surface area contributed by atoms with Crippen molar-refractivity contribution in [1.29, 1.82) is 0 Å². The molecule has 1 N–H and O–H groups in total. The van der Waals surface area contributed by atoms with E-state index in [1.807, 2.05) is 0 Å². The van der Waals surface area contributed by atoms with Crippen LogP contribution in [0.5, 0.6) is 0 Å². The molecule has 1 aromatic rings. The van der Waals surface area contributed by atoms with Crippen molar-refractivity contribution in [1.82, 2.24) is 5.32 Å². The topological polar surface area (TPSA) is 38.3 Å². The van der Waals surface area contributed by atoms with Gasteiger partial charge in [0.15, 0.2) is 0 Å². The standard InChI is InChI=1S/C13H11F6NO2/c14-11(15)9(20-7-8-4-2-1-3-5-8)6-10(21)12(16)22-13(17,18)19/h1-6,11-12,20H,7H2. The lowest BCUT2D eigenvalue weighted by Gasteiger charge is -2.12. The number of carbonyl (C=O) groups excluding carboxylic acids is 1. The summed E-state index contributed by atoms with van der Waals surface area (Å²) in [6.45, 7) is -0.110. The number of alkyl halides is 6. The normalized spacial score (nSPS) is 14.0. The molecule has 1 rings (SSSR count). The first-order valence-corrected chi connectivity index (χ1v) is 5.89. The zero-order chi connectivity index (χ0) is 16.8. The molecule has 1 aromatic carbocycles. The molecule has 0 bridgehead atoms. The Labute approximate surface area is 121 Å². The first-order valence-electron chi connectivity index (χ1n) is 5.89. The number of ether oxygens (including phenoxy) is 1. The first-order chi connectivity index (χ1) is 10.2. The Balaban J connectivity index is 2.71. The molecule has 0 fully saturated rings. The molecular formula is C13H11F6NO2. The SMILES string of the molecule is O=C(C=C(NCc1ccccc1)C(F)F)C(F)OC(F)(F)F. The van der Waals surface area contributed by atoms with Crippen molar-refractivity contribution in [3.05, 3.63) is 47.7 Å². The molecule has 1 atom stereocenters. The van der Waals surface area contributed by atoms with E-state index >= 15 is 0 Å². The van der Waals surface area contributed by atoms with Gasteiger partial charge in [-0.1, -0.05) is 30.3 Å². The highest BCUT2D eigenvalue weighted by molar-refractivity contribution is 5.93. The van der Waals surface area contributed by atoms with Crippen molar-refractivity contribution in [2.75, 3.05) is 0 Å². The molecule has 0 spiro atoms. The lowest BCUT2D eigenvalue weighted by atomic mass is 10.2. The van der Waals surface area contributed by atoms with Gasteiger partial charge < -0.3 is 5.32 Å². The van der Waals surface area contributed by atoms with Gasteiger partial charge in [0.25, 0.3) is 12.8 Å². The molecule has 0 saturated carbocycles. The number of halogens is 6. The van der Waals surface area contributed by atoms with Gasteiger partial charge in [0.05, 0.1) is 5.70 Å². The maximum Gasteiger partial charge on any atom is 0.525 e. The van der Waals surface area contributed by atoms with E-state index in [2.05, 4.69) is 10.1 Å². The summed E-state index contributed by atoms with van der Waals surface area (Å²) in [4.78, 5) is 11.1. The second-order valence-corrected chi connectivity index (χ2v) is 4.02. The fourth-order valence-electron chi connectivity index (χ4n) is 1.39. The molecule has 9 heteroatoms. The Morgan fingerprint density at radius 3 is 2.27 bits per heavy atom. The van der Waals surface area contributed by atoms with Gasteiger partial charge >= 0.3 is 6.36 Å². The number of hydrogen-bond acceptors (Lipinski definition) is 3. The van der Waals surface area contributed by atoms with Crippen LogP contribution in [-0.4, -0.2) is 24.9 Å².